The van der Waals surface area contributed by atoms with Gasteiger partial charge in [-0.2, -0.15) is 0 Å². The number of nitrogen functional groups attached to an aromatic ring is 1. The average molecular weight is 491 g/mol. The number of amidine groups is 1. The number of piperazine rings is 1. The molecule has 0 bridgehead atoms. The first-order valence-corrected chi connectivity index (χ1v) is 12.1. The maximum atomic E-state index is 9.57. The molecule has 180 valence electrons. The van der Waals surface area contributed by atoms with Crippen molar-refractivity contribution in [1.29, 1.82) is 5.41 Å². The van der Waals surface area contributed by atoms with E-state index in [1.807, 2.05) is 11.0 Å². The first kappa shape index (κ1) is 29.3. The van der Waals surface area contributed by atoms with E-state index in [-0.39, 0.29) is 69.4 Å². The van der Waals surface area contributed by atoms with E-state index in [2.05, 4.69) is 31.6 Å². The molecule has 4 rings (SSSR count). The third-order valence-electron chi connectivity index (χ3n) is 6.92. The predicted molar refractivity (Wildman–Crippen MR) is 137 cm³/mol. The molecule has 1 aromatic carbocycles. The van der Waals surface area contributed by atoms with Crippen LogP contribution in [-0.4, -0.2) is 65.2 Å². The first-order valence-electron chi connectivity index (χ1n) is 12.1. The second-order valence-electron chi connectivity index (χ2n) is 10.0. The van der Waals surface area contributed by atoms with Crippen molar-refractivity contribution in [1.82, 2.24) is 9.80 Å². The monoisotopic (exact) mass is 490 g/mol. The Morgan fingerprint density at radius 1 is 1.35 bits per heavy atom. The van der Waals surface area contributed by atoms with E-state index >= 15 is 0 Å². The van der Waals surface area contributed by atoms with E-state index in [1.54, 1.807) is 12.1 Å². The second-order valence-corrected chi connectivity index (χ2v) is 10.0. The van der Waals surface area contributed by atoms with Gasteiger partial charge < -0.3 is 31.9 Å². The average Bonchev–Trinajstić information content (AvgIpc) is 3.73. The number of hydrogen-bond acceptors (Lipinski definition) is 5. The van der Waals surface area contributed by atoms with Crippen LogP contribution < -0.4 is 67.6 Å². The molecule has 0 radical (unpaired) electrons. The van der Waals surface area contributed by atoms with Gasteiger partial charge in [0.1, 0.15) is 11.4 Å². The van der Waals surface area contributed by atoms with Crippen LogP contribution in [0.15, 0.2) is 18.2 Å². The standard InChI is InChI=1S/C14H22N3.C12H17N3O.K/c1-4-14(15)16-7-8-17(12(3)10-16)11(2)9-13-5-6-13;1-12(4-5-12)16-8-2-3-10(14)9(6-8)11(15)7-13;/h1,11-13H,5-10H2,2-3H3;2-3,6,15H,4-5,7,13-14H2,1H3;/q-1;;+1/t11?,12-;;/m1../s1. The fourth-order valence-electron chi connectivity index (χ4n) is 4.41. The van der Waals surface area contributed by atoms with Gasteiger partial charge in [0.2, 0.25) is 0 Å². The smallest absolute Gasteiger partial charge is 0.488 e. The van der Waals surface area contributed by atoms with E-state index in [1.165, 1.54) is 19.3 Å². The molecule has 5 N–H and O–H groups in total. The normalized spacial score (nSPS) is 21.7. The molecule has 0 aromatic heterocycles. The minimum absolute atomic E-state index is 0. The van der Waals surface area contributed by atoms with Gasteiger partial charge in [0, 0.05) is 29.9 Å². The SMILES string of the molecule is C#CC(=[N-])N1CCN(C(C)CC2CC2)[C@H](C)C1.CC1(Oc2ccc(N)c(C(=N)CN)c2)CC1.[K+]. The maximum Gasteiger partial charge on any atom is 1.00 e. The van der Waals surface area contributed by atoms with Crippen molar-refractivity contribution in [2.45, 2.75) is 70.6 Å². The van der Waals surface area contributed by atoms with Crippen LogP contribution in [0, 0.1) is 23.7 Å². The van der Waals surface area contributed by atoms with Gasteiger partial charge in [0.25, 0.3) is 0 Å². The van der Waals surface area contributed by atoms with Crippen LogP contribution in [0.5, 0.6) is 5.75 Å². The number of rotatable bonds is 7. The first-order chi connectivity index (χ1) is 15.7. The molecule has 1 heterocycles. The van der Waals surface area contributed by atoms with E-state index in [4.69, 9.17) is 28.0 Å². The molecule has 1 unspecified atom stereocenters. The number of benzene rings is 1. The molecule has 3 fully saturated rings. The molecule has 2 atom stereocenters. The second kappa shape index (κ2) is 12.9. The summed E-state index contributed by atoms with van der Waals surface area (Å²) in [6, 6.07) is 6.53. The van der Waals surface area contributed by atoms with E-state index in [0.29, 0.717) is 29.0 Å². The van der Waals surface area contributed by atoms with Crippen LogP contribution in [0.4, 0.5) is 5.69 Å². The fourth-order valence-corrected chi connectivity index (χ4v) is 4.41. The minimum Gasteiger partial charge on any atom is -0.488 e. The number of nitrogens with one attached hydrogen (secondary N) is 1. The molecule has 3 aliphatic rings. The van der Waals surface area contributed by atoms with Crippen molar-refractivity contribution >= 4 is 17.2 Å². The summed E-state index contributed by atoms with van der Waals surface area (Å²) in [5.41, 5.74) is 12.8. The van der Waals surface area contributed by atoms with Crippen LogP contribution in [-0.2, 0) is 0 Å². The zero-order valence-corrected chi connectivity index (χ0v) is 24.4. The van der Waals surface area contributed by atoms with Crippen molar-refractivity contribution in [3.63, 3.8) is 0 Å². The zero-order valence-electron chi connectivity index (χ0n) is 21.3. The summed E-state index contributed by atoms with van der Waals surface area (Å²) in [4.78, 5) is 4.46. The van der Waals surface area contributed by atoms with Crippen LogP contribution >= 0.6 is 0 Å². The molecule has 0 spiro atoms. The van der Waals surface area contributed by atoms with Gasteiger partial charge in [-0.05, 0) is 89.6 Å². The van der Waals surface area contributed by atoms with Gasteiger partial charge in [-0.3, -0.25) is 4.90 Å². The van der Waals surface area contributed by atoms with Crippen molar-refractivity contribution < 1.29 is 56.1 Å². The van der Waals surface area contributed by atoms with Gasteiger partial charge >= 0.3 is 51.4 Å². The van der Waals surface area contributed by atoms with E-state index in [9.17, 15) is 5.41 Å². The Bertz CT molecular complexity index is 905. The Hall–Kier alpha value is -0.924. The van der Waals surface area contributed by atoms with Gasteiger partial charge in [0.15, 0.2) is 0 Å². The number of hydrogen-bond donors (Lipinski definition) is 3. The molecule has 0 amide bonds. The molecule has 2 saturated carbocycles. The van der Waals surface area contributed by atoms with Crippen LogP contribution in [0.2, 0.25) is 0 Å². The number of nitrogens with zero attached hydrogens (tertiary/aromatic N) is 3. The molecule has 1 aliphatic heterocycles. The number of ether oxygens (including phenoxy) is 1. The quantitative estimate of drug-likeness (QED) is 0.167. The zero-order chi connectivity index (χ0) is 24.2. The molecule has 1 saturated heterocycles. The number of terminal acetylenes is 1. The maximum absolute atomic E-state index is 9.57. The summed E-state index contributed by atoms with van der Waals surface area (Å²) in [5.74, 6) is 4.15. The summed E-state index contributed by atoms with van der Waals surface area (Å²) in [6.07, 6.45) is 11.6. The van der Waals surface area contributed by atoms with E-state index in [0.717, 1.165) is 44.1 Å². The summed E-state index contributed by atoms with van der Waals surface area (Å²) in [7, 11) is 0. The molecule has 2 aliphatic carbocycles. The molecule has 34 heavy (non-hydrogen) atoms. The van der Waals surface area contributed by atoms with Crippen LogP contribution in [0.1, 0.15) is 58.4 Å². The molecule has 1 aromatic rings. The topological polar surface area (TPSA) is 114 Å². The molecule has 8 heteroatoms. The van der Waals surface area contributed by atoms with Crippen LogP contribution in [0.3, 0.4) is 0 Å². The summed E-state index contributed by atoms with van der Waals surface area (Å²) in [6.45, 7) is 9.50. The largest absolute Gasteiger partial charge is 1.00 e. The Morgan fingerprint density at radius 3 is 2.56 bits per heavy atom. The Labute approximate surface area is 247 Å². The van der Waals surface area contributed by atoms with Crippen molar-refractivity contribution in [3.05, 3.63) is 29.2 Å². The van der Waals surface area contributed by atoms with E-state index < -0.39 is 0 Å². The predicted octanol–water partition coefficient (Wildman–Crippen LogP) is 0.313. The van der Waals surface area contributed by atoms with Gasteiger partial charge in [-0.1, -0.05) is 18.8 Å². The third-order valence-corrected chi connectivity index (χ3v) is 6.92. The third kappa shape index (κ3) is 8.33. The minimum atomic E-state index is -0.0156. The summed E-state index contributed by atoms with van der Waals surface area (Å²) >= 11 is 0. The van der Waals surface area contributed by atoms with Gasteiger partial charge in [0.05, 0.1) is 5.71 Å². The molecular formula is C26H39KN6O. The van der Waals surface area contributed by atoms with Crippen LogP contribution in [0.25, 0.3) is 5.41 Å². The fraction of sp³-hybridized carbons (Fsp3) is 0.615. The number of anilines is 1. The van der Waals surface area contributed by atoms with Gasteiger partial charge in [-0.25, -0.2) is 0 Å². The summed E-state index contributed by atoms with van der Waals surface area (Å²) < 4.78 is 5.81. The Balaban J connectivity index is 0.000000234. The van der Waals surface area contributed by atoms with Gasteiger partial charge in [-0.15, -0.1) is 6.42 Å². The summed E-state index contributed by atoms with van der Waals surface area (Å²) in [5, 5.41) is 17.3. The van der Waals surface area contributed by atoms with Crippen molar-refractivity contribution in [2.24, 2.45) is 11.7 Å². The molecular weight excluding hydrogens is 451 g/mol. The van der Waals surface area contributed by atoms with Crippen molar-refractivity contribution in [2.75, 3.05) is 31.9 Å². The Morgan fingerprint density at radius 2 is 2.03 bits per heavy atom. The number of nitrogens with two attached hydrogens (primary N) is 2. The van der Waals surface area contributed by atoms with Crippen molar-refractivity contribution in [3.8, 4) is 18.1 Å². The Kier molecular flexibility index (Phi) is 11.1. The molecule has 7 nitrogen and oxygen atoms in total.